The zero-order valence-corrected chi connectivity index (χ0v) is 6.77. The molecule has 0 aromatic rings. The van der Waals surface area contributed by atoms with E-state index in [9.17, 15) is 5.11 Å². The van der Waals surface area contributed by atoms with Gasteiger partial charge in [-0.15, -0.1) is 0 Å². The summed E-state index contributed by atoms with van der Waals surface area (Å²) in [6.45, 7) is 3.49. The smallest absolute Gasteiger partial charge is 0.125 e. The fraction of sp³-hybridized carbons (Fsp3) is 0.600. The van der Waals surface area contributed by atoms with E-state index in [-0.39, 0.29) is 0 Å². The number of allylic oxidation sites excluding steroid dienone is 1. The Balaban J connectivity index is 2.56. The lowest BCUT2D eigenvalue weighted by molar-refractivity contribution is 0.0610. The van der Waals surface area contributed by atoms with E-state index in [0.29, 0.717) is 0 Å². The van der Waals surface area contributed by atoms with Gasteiger partial charge in [0.2, 0.25) is 0 Å². The molecule has 0 aliphatic heterocycles. The third kappa shape index (κ3) is 2.40. The molecule has 1 rings (SSSR count). The van der Waals surface area contributed by atoms with Crippen molar-refractivity contribution in [2.45, 2.75) is 37.7 Å². The summed E-state index contributed by atoms with van der Waals surface area (Å²) in [6.07, 6.45) is 6.62. The minimum Gasteiger partial charge on any atom is -0.378 e. The van der Waals surface area contributed by atoms with Crippen LogP contribution in [0.3, 0.4) is 0 Å². The van der Waals surface area contributed by atoms with Gasteiger partial charge in [0.15, 0.2) is 0 Å². The maximum atomic E-state index is 9.78. The Morgan fingerprint density at radius 2 is 1.91 bits per heavy atom. The van der Waals surface area contributed by atoms with Crippen molar-refractivity contribution >= 4 is 0 Å². The van der Waals surface area contributed by atoms with Crippen LogP contribution in [0.5, 0.6) is 0 Å². The number of hydrogen-bond acceptors (Lipinski definition) is 1. The molecule has 0 radical (unpaired) electrons. The average molecular weight is 150 g/mol. The molecule has 0 amide bonds. The van der Waals surface area contributed by atoms with Crippen molar-refractivity contribution in [3.63, 3.8) is 0 Å². The zero-order chi connectivity index (χ0) is 8.16. The molecule has 1 aliphatic rings. The first-order chi connectivity index (χ1) is 5.27. The van der Waals surface area contributed by atoms with E-state index in [1.54, 1.807) is 0 Å². The van der Waals surface area contributed by atoms with Crippen LogP contribution < -0.4 is 0 Å². The van der Waals surface area contributed by atoms with Crippen LogP contribution in [-0.4, -0.2) is 10.7 Å². The number of aliphatic hydroxyl groups is 1. The van der Waals surface area contributed by atoms with Crippen LogP contribution in [0.1, 0.15) is 32.1 Å². The predicted molar refractivity (Wildman–Crippen MR) is 46.0 cm³/mol. The quantitative estimate of drug-likeness (QED) is 0.523. The van der Waals surface area contributed by atoms with E-state index < -0.39 is 5.60 Å². The molecule has 0 bridgehead atoms. The molecule has 1 saturated carbocycles. The monoisotopic (exact) mass is 150 g/mol. The van der Waals surface area contributed by atoms with Gasteiger partial charge >= 0.3 is 0 Å². The highest BCUT2D eigenvalue weighted by Crippen LogP contribution is 2.26. The van der Waals surface area contributed by atoms with Gasteiger partial charge in [0, 0.05) is 0 Å². The molecule has 0 heterocycles. The first kappa shape index (κ1) is 8.36. The summed E-state index contributed by atoms with van der Waals surface area (Å²) in [5, 5.41) is 9.78. The fourth-order valence-electron chi connectivity index (χ4n) is 1.45. The Morgan fingerprint density at radius 1 is 1.27 bits per heavy atom. The molecule has 0 atom stereocenters. The molecule has 1 fully saturated rings. The van der Waals surface area contributed by atoms with Crippen LogP contribution in [0.25, 0.3) is 0 Å². The van der Waals surface area contributed by atoms with Crippen LogP contribution in [0, 0.1) is 11.8 Å². The first-order valence-electron chi connectivity index (χ1n) is 4.13. The zero-order valence-electron chi connectivity index (χ0n) is 6.77. The lowest BCUT2D eigenvalue weighted by Gasteiger charge is -2.26. The normalized spacial score (nSPS) is 21.5. The maximum Gasteiger partial charge on any atom is 0.125 e. The van der Waals surface area contributed by atoms with Crippen LogP contribution in [0.2, 0.25) is 0 Å². The summed E-state index contributed by atoms with van der Waals surface area (Å²) in [4.78, 5) is 0. The third-order valence-corrected chi connectivity index (χ3v) is 2.09. The van der Waals surface area contributed by atoms with Crippen LogP contribution in [-0.2, 0) is 0 Å². The van der Waals surface area contributed by atoms with Crippen molar-refractivity contribution in [2.24, 2.45) is 0 Å². The molecular formula is C10H14O. The van der Waals surface area contributed by atoms with Gasteiger partial charge in [-0.1, -0.05) is 24.8 Å². The maximum absolute atomic E-state index is 9.78. The molecule has 0 aromatic heterocycles. The molecule has 0 spiro atoms. The van der Waals surface area contributed by atoms with Gasteiger partial charge in [-0.3, -0.25) is 0 Å². The summed E-state index contributed by atoms with van der Waals surface area (Å²) in [7, 11) is 0. The molecule has 11 heavy (non-hydrogen) atoms. The molecule has 1 N–H and O–H groups in total. The lowest BCUT2D eigenvalue weighted by Crippen LogP contribution is -2.28. The highest BCUT2D eigenvalue weighted by molar-refractivity contribution is 5.21. The molecular weight excluding hydrogens is 136 g/mol. The van der Waals surface area contributed by atoms with Crippen LogP contribution in [0.4, 0.5) is 0 Å². The van der Waals surface area contributed by atoms with E-state index >= 15 is 0 Å². The lowest BCUT2D eigenvalue weighted by atomic mass is 9.85. The summed E-state index contributed by atoms with van der Waals surface area (Å²) < 4.78 is 0. The molecule has 0 unspecified atom stereocenters. The van der Waals surface area contributed by atoms with Gasteiger partial charge in [0.1, 0.15) is 5.60 Å². The highest BCUT2D eigenvalue weighted by Gasteiger charge is 2.26. The van der Waals surface area contributed by atoms with Crippen molar-refractivity contribution in [1.29, 1.82) is 0 Å². The van der Waals surface area contributed by atoms with E-state index in [1.807, 2.05) is 0 Å². The van der Waals surface area contributed by atoms with E-state index in [4.69, 9.17) is 0 Å². The van der Waals surface area contributed by atoms with Crippen molar-refractivity contribution in [3.05, 3.63) is 12.7 Å². The van der Waals surface area contributed by atoms with Crippen molar-refractivity contribution < 1.29 is 5.11 Å². The Hall–Kier alpha value is -0.740. The van der Waals surface area contributed by atoms with Gasteiger partial charge in [-0.05, 0) is 31.8 Å². The Bertz CT molecular complexity index is 189. The van der Waals surface area contributed by atoms with Gasteiger partial charge in [-0.2, -0.15) is 0 Å². The number of hydrogen-bond donors (Lipinski definition) is 1. The Labute approximate surface area is 68.1 Å². The topological polar surface area (TPSA) is 20.2 Å². The van der Waals surface area contributed by atoms with Gasteiger partial charge < -0.3 is 5.11 Å². The van der Waals surface area contributed by atoms with E-state index in [1.165, 1.54) is 12.5 Å². The minimum atomic E-state index is -0.702. The second-order valence-electron chi connectivity index (χ2n) is 3.07. The van der Waals surface area contributed by atoms with Gasteiger partial charge in [0.05, 0.1) is 0 Å². The Kier molecular flexibility index (Phi) is 2.73. The van der Waals surface area contributed by atoms with Gasteiger partial charge in [0.25, 0.3) is 0 Å². The average Bonchev–Trinajstić information content (AvgIpc) is 2.03. The highest BCUT2D eigenvalue weighted by atomic mass is 16.3. The summed E-state index contributed by atoms with van der Waals surface area (Å²) in [6, 6.07) is 0. The van der Waals surface area contributed by atoms with Crippen molar-refractivity contribution in [2.75, 3.05) is 0 Å². The van der Waals surface area contributed by atoms with E-state index in [2.05, 4.69) is 18.4 Å². The van der Waals surface area contributed by atoms with Crippen molar-refractivity contribution in [1.82, 2.24) is 0 Å². The molecule has 0 saturated heterocycles. The van der Waals surface area contributed by atoms with E-state index in [0.717, 1.165) is 25.7 Å². The summed E-state index contributed by atoms with van der Waals surface area (Å²) in [5.41, 5.74) is -0.702. The number of rotatable bonds is 0. The molecule has 1 aliphatic carbocycles. The molecule has 1 nitrogen and oxygen atoms in total. The predicted octanol–water partition coefficient (Wildman–Crippen LogP) is 1.87. The summed E-state index contributed by atoms with van der Waals surface area (Å²) >= 11 is 0. The summed E-state index contributed by atoms with van der Waals surface area (Å²) in [5.74, 6) is 5.56. The molecule has 60 valence electrons. The van der Waals surface area contributed by atoms with Crippen LogP contribution in [0.15, 0.2) is 12.7 Å². The van der Waals surface area contributed by atoms with Crippen LogP contribution >= 0.6 is 0 Å². The van der Waals surface area contributed by atoms with Crippen molar-refractivity contribution in [3.8, 4) is 11.8 Å². The second kappa shape index (κ2) is 3.59. The minimum absolute atomic E-state index is 0.702. The first-order valence-corrected chi connectivity index (χ1v) is 4.13. The fourth-order valence-corrected chi connectivity index (χ4v) is 1.45. The Morgan fingerprint density at radius 3 is 2.45 bits per heavy atom. The third-order valence-electron chi connectivity index (χ3n) is 2.09. The standard InChI is InChI=1S/C10H14O/c1-2-3-7-10(11)8-5-4-6-9-10/h2,11H,1,4-6,8-9H2. The largest absolute Gasteiger partial charge is 0.378 e. The molecule has 1 heteroatoms. The van der Waals surface area contributed by atoms with Gasteiger partial charge in [-0.25, -0.2) is 0 Å². The molecule has 0 aromatic carbocycles. The SMILES string of the molecule is C=CC#CC1(O)CCCCC1. The second-order valence-corrected chi connectivity index (χ2v) is 3.07.